The second-order valence-corrected chi connectivity index (χ2v) is 11.5. The van der Waals surface area contributed by atoms with Gasteiger partial charge in [-0.3, -0.25) is 9.59 Å². The lowest BCUT2D eigenvalue weighted by Gasteiger charge is -2.16. The molecule has 2 aromatic carbocycles. The van der Waals surface area contributed by atoms with Crippen LogP contribution in [0.2, 0.25) is 0 Å². The average Bonchev–Trinajstić information content (AvgIpc) is 3.50. The number of hydrogen-bond donors (Lipinski definition) is 3. The van der Waals surface area contributed by atoms with Crippen molar-refractivity contribution in [2.75, 3.05) is 18.4 Å². The number of carbonyl (C=O) groups is 2. The number of hydrogen-bond acceptors (Lipinski definition) is 5. The number of nitrogens with zero attached hydrogens (tertiary/aromatic N) is 1. The van der Waals surface area contributed by atoms with Gasteiger partial charge in [-0.1, -0.05) is 18.2 Å². The summed E-state index contributed by atoms with van der Waals surface area (Å²) < 4.78 is 40.2. The summed E-state index contributed by atoms with van der Waals surface area (Å²) in [6.45, 7) is 4.70. The molecular weight excluding hydrogens is 495 g/mol. The van der Waals surface area contributed by atoms with Gasteiger partial charge in [0.25, 0.3) is 11.8 Å². The van der Waals surface area contributed by atoms with Crippen LogP contribution in [0.4, 0.5) is 10.1 Å². The first-order chi connectivity index (χ1) is 17.5. The van der Waals surface area contributed by atoms with Gasteiger partial charge in [-0.25, -0.2) is 12.8 Å². The fraction of sp³-hybridized carbons (Fsp3) is 0.259. The SMILES string of the molecule is Cc1[nH]c(/C=C2\C(=O)Nc3ccc(S(=O)(=O)Cc4ccccc4F)cc32)c(C)c1C(=O)N1CC[C@H](N)C1. The summed E-state index contributed by atoms with van der Waals surface area (Å²) >= 11 is 0. The summed E-state index contributed by atoms with van der Waals surface area (Å²) in [6, 6.07) is 10.1. The maximum Gasteiger partial charge on any atom is 0.256 e. The highest BCUT2D eigenvalue weighted by Gasteiger charge is 2.30. The fourth-order valence-corrected chi connectivity index (χ4v) is 6.30. The Kier molecular flexibility index (Phi) is 6.25. The van der Waals surface area contributed by atoms with Gasteiger partial charge in [0.15, 0.2) is 9.84 Å². The number of halogens is 1. The van der Waals surface area contributed by atoms with Crippen LogP contribution in [0, 0.1) is 19.7 Å². The van der Waals surface area contributed by atoms with Gasteiger partial charge in [0.05, 0.1) is 21.8 Å². The summed E-state index contributed by atoms with van der Waals surface area (Å²) in [5, 5.41) is 2.75. The highest BCUT2D eigenvalue weighted by atomic mass is 32.2. The first kappa shape index (κ1) is 24.9. The predicted octanol–water partition coefficient (Wildman–Crippen LogP) is 3.41. The van der Waals surface area contributed by atoms with Crippen molar-refractivity contribution < 1.29 is 22.4 Å². The highest BCUT2D eigenvalue weighted by molar-refractivity contribution is 7.90. The summed E-state index contributed by atoms with van der Waals surface area (Å²) in [4.78, 5) is 30.9. The van der Waals surface area contributed by atoms with E-state index in [2.05, 4.69) is 10.3 Å². The zero-order valence-corrected chi connectivity index (χ0v) is 21.3. The molecule has 1 aromatic heterocycles. The van der Waals surface area contributed by atoms with E-state index in [1.165, 1.54) is 36.4 Å². The lowest BCUT2D eigenvalue weighted by atomic mass is 10.0. The fourth-order valence-electron chi connectivity index (χ4n) is 4.92. The van der Waals surface area contributed by atoms with Crippen LogP contribution in [-0.4, -0.2) is 49.2 Å². The van der Waals surface area contributed by atoms with Gasteiger partial charge in [0.1, 0.15) is 5.82 Å². The monoisotopic (exact) mass is 522 g/mol. The van der Waals surface area contributed by atoms with E-state index in [0.29, 0.717) is 46.9 Å². The van der Waals surface area contributed by atoms with Gasteiger partial charge >= 0.3 is 0 Å². The number of likely N-dealkylation sites (tertiary alicyclic amines) is 1. The number of carbonyl (C=O) groups excluding carboxylic acids is 2. The molecule has 1 saturated heterocycles. The van der Waals surface area contributed by atoms with E-state index in [1.54, 1.807) is 24.0 Å². The maximum absolute atomic E-state index is 14.1. The molecule has 0 spiro atoms. The number of nitrogens with two attached hydrogens (primary N) is 1. The lowest BCUT2D eigenvalue weighted by molar-refractivity contribution is -0.110. The second kappa shape index (κ2) is 9.28. The largest absolute Gasteiger partial charge is 0.358 e. The summed E-state index contributed by atoms with van der Waals surface area (Å²) in [6.07, 6.45) is 2.38. The van der Waals surface area contributed by atoms with Crippen molar-refractivity contribution >= 4 is 39.0 Å². The van der Waals surface area contributed by atoms with Crippen molar-refractivity contribution in [3.63, 3.8) is 0 Å². The van der Waals surface area contributed by atoms with Gasteiger partial charge in [0.2, 0.25) is 0 Å². The minimum atomic E-state index is -3.88. The Labute approximate surface area is 214 Å². The van der Waals surface area contributed by atoms with Crippen LogP contribution in [0.5, 0.6) is 0 Å². The number of H-pyrrole nitrogens is 1. The number of amides is 2. The van der Waals surface area contributed by atoms with Crippen LogP contribution in [0.15, 0.2) is 47.4 Å². The zero-order chi connectivity index (χ0) is 26.5. The molecule has 4 N–H and O–H groups in total. The lowest BCUT2D eigenvalue weighted by Crippen LogP contribution is -2.32. The van der Waals surface area contributed by atoms with Gasteiger partial charge < -0.3 is 20.9 Å². The molecule has 2 aliphatic heterocycles. The van der Waals surface area contributed by atoms with E-state index in [4.69, 9.17) is 5.73 Å². The Morgan fingerprint density at radius 2 is 1.97 bits per heavy atom. The average molecular weight is 523 g/mol. The Morgan fingerprint density at radius 1 is 1.22 bits per heavy atom. The van der Waals surface area contributed by atoms with Crippen molar-refractivity contribution in [1.29, 1.82) is 0 Å². The van der Waals surface area contributed by atoms with Crippen molar-refractivity contribution in [3.8, 4) is 0 Å². The van der Waals surface area contributed by atoms with Crippen molar-refractivity contribution in [3.05, 3.63) is 81.9 Å². The van der Waals surface area contributed by atoms with Crippen LogP contribution < -0.4 is 11.1 Å². The normalized spacial score (nSPS) is 18.4. The number of aryl methyl sites for hydroxylation is 1. The predicted molar refractivity (Wildman–Crippen MR) is 139 cm³/mol. The summed E-state index contributed by atoms with van der Waals surface area (Å²) in [5.41, 5.74) is 9.70. The number of sulfone groups is 1. The third kappa shape index (κ3) is 4.58. The summed E-state index contributed by atoms with van der Waals surface area (Å²) in [7, 11) is -3.88. The quantitative estimate of drug-likeness (QED) is 0.443. The molecule has 10 heteroatoms. The Hall–Kier alpha value is -3.76. The van der Waals surface area contributed by atoms with E-state index in [9.17, 15) is 22.4 Å². The van der Waals surface area contributed by atoms with Crippen molar-refractivity contribution in [2.45, 2.75) is 37.0 Å². The van der Waals surface area contributed by atoms with E-state index < -0.39 is 21.4 Å². The molecule has 0 aliphatic carbocycles. The highest BCUT2D eigenvalue weighted by Crippen LogP contribution is 2.36. The minimum absolute atomic E-state index is 0.0162. The molecule has 37 heavy (non-hydrogen) atoms. The van der Waals surface area contributed by atoms with Gasteiger partial charge in [-0.05, 0) is 56.2 Å². The van der Waals surface area contributed by atoms with Gasteiger partial charge in [-0.2, -0.15) is 0 Å². The molecule has 1 atom stereocenters. The number of aromatic nitrogens is 1. The first-order valence-corrected chi connectivity index (χ1v) is 13.6. The number of anilines is 1. The summed E-state index contributed by atoms with van der Waals surface area (Å²) in [5.74, 6) is -1.59. The number of aromatic amines is 1. The standard InChI is InChI=1S/C27H27FN4O4S/c1-15-24(30-16(2)25(15)27(34)32-10-9-18(29)13-32)12-21-20-11-19(7-8-23(20)31-26(21)33)37(35,36)14-17-5-3-4-6-22(17)28/h3-8,11-12,18,30H,9-10,13-14,29H2,1-2H3,(H,31,33)/b21-12-/t18-/m0/s1. The molecule has 3 heterocycles. The Bertz CT molecular complexity index is 1570. The Morgan fingerprint density at radius 3 is 2.68 bits per heavy atom. The van der Waals surface area contributed by atoms with Crippen LogP contribution in [0.25, 0.3) is 11.6 Å². The number of nitrogens with one attached hydrogen (secondary N) is 2. The topological polar surface area (TPSA) is 125 Å². The second-order valence-electron chi connectivity index (χ2n) is 9.53. The molecule has 8 nitrogen and oxygen atoms in total. The molecule has 0 radical (unpaired) electrons. The van der Waals surface area contributed by atoms with Gasteiger partial charge in [0, 0.05) is 47.3 Å². The molecular formula is C27H27FN4O4S. The van der Waals surface area contributed by atoms with Crippen LogP contribution in [0.1, 0.15) is 44.9 Å². The number of fused-ring (bicyclic) bond motifs is 1. The van der Waals surface area contributed by atoms with E-state index >= 15 is 0 Å². The third-order valence-electron chi connectivity index (χ3n) is 6.93. The maximum atomic E-state index is 14.1. The molecule has 3 aromatic rings. The van der Waals surface area contributed by atoms with Crippen LogP contribution >= 0.6 is 0 Å². The molecule has 5 rings (SSSR count). The molecule has 0 unspecified atom stereocenters. The number of rotatable bonds is 5. The van der Waals surface area contributed by atoms with Crippen molar-refractivity contribution in [2.24, 2.45) is 5.73 Å². The molecule has 2 aliphatic rings. The first-order valence-electron chi connectivity index (χ1n) is 11.9. The molecule has 0 bridgehead atoms. The molecule has 2 amide bonds. The Balaban J connectivity index is 1.50. The smallest absolute Gasteiger partial charge is 0.256 e. The molecule has 0 saturated carbocycles. The zero-order valence-electron chi connectivity index (χ0n) is 20.5. The van der Waals surface area contributed by atoms with Crippen molar-refractivity contribution in [1.82, 2.24) is 9.88 Å². The third-order valence-corrected chi connectivity index (χ3v) is 8.59. The molecule has 192 valence electrons. The van der Waals surface area contributed by atoms with E-state index in [0.717, 1.165) is 6.42 Å². The number of benzene rings is 2. The van der Waals surface area contributed by atoms with Gasteiger partial charge in [-0.15, -0.1) is 0 Å². The van der Waals surface area contributed by atoms with E-state index in [-0.39, 0.29) is 33.9 Å². The molecule has 1 fully saturated rings. The minimum Gasteiger partial charge on any atom is -0.358 e. The van der Waals surface area contributed by atoms with Crippen LogP contribution in [-0.2, 0) is 20.4 Å². The van der Waals surface area contributed by atoms with E-state index in [1.807, 2.05) is 6.92 Å². The van der Waals surface area contributed by atoms with Crippen LogP contribution in [0.3, 0.4) is 0 Å².